The van der Waals surface area contributed by atoms with Crippen molar-refractivity contribution in [3.05, 3.63) is 15.6 Å². The van der Waals surface area contributed by atoms with Crippen LogP contribution >= 0.6 is 11.3 Å². The molecule has 2 rings (SSSR count). The van der Waals surface area contributed by atoms with E-state index in [0.29, 0.717) is 17.4 Å². The van der Waals surface area contributed by atoms with E-state index in [1.807, 2.05) is 0 Å². The highest BCUT2D eigenvalue weighted by Crippen LogP contribution is 2.35. The second-order valence-electron chi connectivity index (χ2n) is 5.19. The van der Waals surface area contributed by atoms with Crippen molar-refractivity contribution in [3.63, 3.8) is 0 Å². The maximum atomic E-state index is 11.9. The number of carbonyl (C=O) groups excluding carboxylic acids is 2. The second-order valence-corrected chi connectivity index (χ2v) is 6.23. The van der Waals surface area contributed by atoms with Crippen molar-refractivity contribution in [3.8, 4) is 0 Å². The molecule has 0 bridgehead atoms. The number of rotatable bonds is 4. The van der Waals surface area contributed by atoms with Crippen molar-refractivity contribution in [1.29, 1.82) is 0 Å². The van der Waals surface area contributed by atoms with Crippen molar-refractivity contribution in [2.75, 3.05) is 6.61 Å². The Labute approximate surface area is 123 Å². The summed E-state index contributed by atoms with van der Waals surface area (Å²) in [6, 6.07) is 0. The van der Waals surface area contributed by atoms with Crippen molar-refractivity contribution >= 4 is 23.1 Å². The van der Waals surface area contributed by atoms with Crippen LogP contribution in [0.3, 0.4) is 0 Å². The van der Waals surface area contributed by atoms with Gasteiger partial charge in [0.1, 0.15) is 4.88 Å². The minimum Gasteiger partial charge on any atom is -0.461 e. The molecule has 1 heterocycles. The molecule has 4 nitrogen and oxygen atoms in total. The van der Waals surface area contributed by atoms with E-state index < -0.39 is 5.97 Å². The first-order valence-electron chi connectivity index (χ1n) is 7.32. The van der Waals surface area contributed by atoms with Gasteiger partial charge in [-0.25, -0.2) is 9.78 Å². The quantitative estimate of drug-likeness (QED) is 0.479. The maximum Gasteiger partial charge on any atom is 0.358 e. The molecule has 0 spiro atoms. The third-order valence-electron chi connectivity index (χ3n) is 3.64. The molecule has 1 fully saturated rings. The van der Waals surface area contributed by atoms with Gasteiger partial charge < -0.3 is 4.74 Å². The van der Waals surface area contributed by atoms with Gasteiger partial charge in [0.05, 0.1) is 11.6 Å². The molecule has 1 aromatic heterocycles. The summed E-state index contributed by atoms with van der Waals surface area (Å²) >= 11 is 1.38. The predicted octanol–water partition coefficient (Wildman–Crippen LogP) is 3.96. The first-order chi connectivity index (χ1) is 9.63. The van der Waals surface area contributed by atoms with E-state index in [9.17, 15) is 9.59 Å². The second kappa shape index (κ2) is 6.97. The number of thiazole rings is 1. The zero-order chi connectivity index (χ0) is 14.5. The smallest absolute Gasteiger partial charge is 0.358 e. The van der Waals surface area contributed by atoms with Gasteiger partial charge in [0.15, 0.2) is 11.5 Å². The van der Waals surface area contributed by atoms with E-state index in [1.54, 1.807) is 6.92 Å². The first kappa shape index (κ1) is 15.2. The molecule has 1 aliphatic carbocycles. The van der Waals surface area contributed by atoms with Gasteiger partial charge in [-0.2, -0.15) is 0 Å². The highest BCUT2D eigenvalue weighted by atomic mass is 32.1. The molecular weight excluding hydrogens is 274 g/mol. The standard InChI is InChI=1S/C15H21NO3S/c1-3-19-15(18)12-13(10(2)17)20-14(16-12)11-8-6-4-5-7-9-11/h11H,3-9H2,1-2H3. The number of esters is 1. The van der Waals surface area contributed by atoms with Crippen LogP contribution in [0.15, 0.2) is 0 Å². The van der Waals surface area contributed by atoms with Crippen molar-refractivity contribution in [2.24, 2.45) is 0 Å². The summed E-state index contributed by atoms with van der Waals surface area (Å²) in [6.07, 6.45) is 7.15. The summed E-state index contributed by atoms with van der Waals surface area (Å²) < 4.78 is 5.00. The average Bonchev–Trinajstić information content (AvgIpc) is 2.69. The monoisotopic (exact) mass is 295 g/mol. The van der Waals surface area contributed by atoms with Crippen molar-refractivity contribution in [2.45, 2.75) is 58.3 Å². The lowest BCUT2D eigenvalue weighted by Gasteiger charge is -2.09. The van der Waals surface area contributed by atoms with E-state index >= 15 is 0 Å². The van der Waals surface area contributed by atoms with Gasteiger partial charge in [0, 0.05) is 12.8 Å². The van der Waals surface area contributed by atoms with Crippen LogP contribution in [0, 0.1) is 0 Å². The predicted molar refractivity (Wildman–Crippen MR) is 78.5 cm³/mol. The normalized spacial score (nSPS) is 16.7. The molecule has 110 valence electrons. The molecule has 0 unspecified atom stereocenters. The van der Waals surface area contributed by atoms with Gasteiger partial charge in [0.25, 0.3) is 0 Å². The zero-order valence-corrected chi connectivity index (χ0v) is 12.9. The van der Waals surface area contributed by atoms with Crippen LogP contribution in [0.2, 0.25) is 0 Å². The molecule has 1 saturated carbocycles. The molecule has 0 aliphatic heterocycles. The molecule has 1 aromatic rings. The minimum absolute atomic E-state index is 0.106. The Morgan fingerprint density at radius 2 is 1.90 bits per heavy atom. The van der Waals surface area contributed by atoms with E-state index in [0.717, 1.165) is 17.8 Å². The van der Waals surface area contributed by atoms with Crippen LogP contribution < -0.4 is 0 Å². The van der Waals surface area contributed by atoms with Gasteiger partial charge in [-0.3, -0.25) is 4.79 Å². The van der Waals surface area contributed by atoms with Gasteiger partial charge in [-0.15, -0.1) is 11.3 Å². The topological polar surface area (TPSA) is 56.3 Å². The van der Waals surface area contributed by atoms with E-state index in [1.165, 1.54) is 43.9 Å². The molecule has 0 N–H and O–H groups in total. The third kappa shape index (κ3) is 3.45. The average molecular weight is 295 g/mol. The molecule has 0 aromatic carbocycles. The molecule has 0 amide bonds. The summed E-state index contributed by atoms with van der Waals surface area (Å²) in [4.78, 5) is 28.5. The number of hydrogen-bond acceptors (Lipinski definition) is 5. The number of nitrogens with zero attached hydrogens (tertiary/aromatic N) is 1. The number of ketones is 1. The Kier molecular flexibility index (Phi) is 5.29. The molecule has 0 radical (unpaired) electrons. The Morgan fingerprint density at radius 1 is 1.25 bits per heavy atom. The third-order valence-corrected chi connectivity index (χ3v) is 4.96. The van der Waals surface area contributed by atoms with Crippen LogP contribution in [0.5, 0.6) is 0 Å². The van der Waals surface area contributed by atoms with Gasteiger partial charge in [0.2, 0.25) is 0 Å². The Bertz CT molecular complexity index is 487. The lowest BCUT2D eigenvalue weighted by molar-refractivity contribution is 0.0517. The number of aromatic nitrogens is 1. The number of carbonyl (C=O) groups is 2. The fourth-order valence-electron chi connectivity index (χ4n) is 2.61. The summed E-state index contributed by atoms with van der Waals surface area (Å²) in [5.41, 5.74) is 0.212. The van der Waals surface area contributed by atoms with Gasteiger partial charge >= 0.3 is 5.97 Å². The molecule has 5 heteroatoms. The Balaban J connectivity index is 2.28. The summed E-state index contributed by atoms with van der Waals surface area (Å²) in [5, 5.41) is 0.931. The molecular formula is C15H21NO3S. The summed E-state index contributed by atoms with van der Waals surface area (Å²) in [6.45, 7) is 3.53. The highest BCUT2D eigenvalue weighted by Gasteiger charge is 2.26. The number of ether oxygens (including phenoxy) is 1. The van der Waals surface area contributed by atoms with Crippen LogP contribution in [-0.4, -0.2) is 23.3 Å². The number of Topliss-reactive ketones (excluding diaryl/α,β-unsaturated/α-hetero) is 1. The molecule has 0 atom stereocenters. The Hall–Kier alpha value is -1.23. The van der Waals surface area contributed by atoms with Crippen LogP contribution in [0.1, 0.15) is 83.5 Å². The van der Waals surface area contributed by atoms with Gasteiger partial charge in [-0.1, -0.05) is 25.7 Å². The van der Waals surface area contributed by atoms with E-state index in [-0.39, 0.29) is 11.5 Å². The molecule has 1 aliphatic rings. The SMILES string of the molecule is CCOC(=O)c1nc(C2CCCCCC2)sc1C(C)=O. The fourth-order valence-corrected chi connectivity index (χ4v) is 3.73. The lowest BCUT2D eigenvalue weighted by Crippen LogP contribution is -2.09. The Morgan fingerprint density at radius 3 is 2.45 bits per heavy atom. The largest absolute Gasteiger partial charge is 0.461 e. The van der Waals surface area contributed by atoms with Crippen molar-refractivity contribution < 1.29 is 14.3 Å². The molecule has 20 heavy (non-hydrogen) atoms. The minimum atomic E-state index is -0.478. The summed E-state index contributed by atoms with van der Waals surface area (Å²) in [7, 11) is 0. The highest BCUT2D eigenvalue weighted by molar-refractivity contribution is 7.14. The maximum absolute atomic E-state index is 11.9. The van der Waals surface area contributed by atoms with Gasteiger partial charge in [-0.05, 0) is 19.8 Å². The van der Waals surface area contributed by atoms with Crippen LogP contribution in [-0.2, 0) is 4.74 Å². The zero-order valence-electron chi connectivity index (χ0n) is 12.1. The lowest BCUT2D eigenvalue weighted by atomic mass is 10.0. The first-order valence-corrected chi connectivity index (χ1v) is 8.14. The van der Waals surface area contributed by atoms with Crippen LogP contribution in [0.4, 0.5) is 0 Å². The molecule has 0 saturated heterocycles. The van der Waals surface area contributed by atoms with E-state index in [2.05, 4.69) is 4.98 Å². The van der Waals surface area contributed by atoms with Crippen LogP contribution in [0.25, 0.3) is 0 Å². The summed E-state index contributed by atoms with van der Waals surface area (Å²) in [5.74, 6) is -0.192. The van der Waals surface area contributed by atoms with E-state index in [4.69, 9.17) is 4.74 Å². The number of hydrogen-bond donors (Lipinski definition) is 0. The fraction of sp³-hybridized carbons (Fsp3) is 0.667. The van der Waals surface area contributed by atoms with Crippen molar-refractivity contribution in [1.82, 2.24) is 4.98 Å².